The van der Waals surface area contributed by atoms with E-state index in [9.17, 15) is 4.79 Å². The Kier molecular flexibility index (Phi) is 5.29. The molecule has 3 aromatic rings. The average molecular weight is 336 g/mol. The Morgan fingerprint density at radius 3 is 2.38 bits per heavy atom. The maximum atomic E-state index is 12.1. The third-order valence-electron chi connectivity index (χ3n) is 3.78. The highest BCUT2D eigenvalue weighted by Crippen LogP contribution is 2.21. The predicted octanol–water partition coefficient (Wildman–Crippen LogP) is 5.58. The lowest BCUT2D eigenvalue weighted by atomic mass is 10.0. The van der Waals surface area contributed by atoms with Crippen molar-refractivity contribution in [3.63, 3.8) is 0 Å². The molecule has 3 rings (SSSR count). The molecular formula is C21H18ClNO. The van der Waals surface area contributed by atoms with Gasteiger partial charge in [0.1, 0.15) is 0 Å². The summed E-state index contributed by atoms with van der Waals surface area (Å²) in [6.07, 6.45) is 1.14. The van der Waals surface area contributed by atoms with Crippen LogP contribution >= 0.6 is 11.6 Å². The van der Waals surface area contributed by atoms with Crippen LogP contribution in [0.25, 0.3) is 11.1 Å². The summed E-state index contributed by atoms with van der Waals surface area (Å²) in [5.41, 5.74) is 4.23. The quantitative estimate of drug-likeness (QED) is 0.648. The third-order valence-corrected chi connectivity index (χ3v) is 4.02. The molecule has 0 aliphatic carbocycles. The Morgan fingerprint density at radius 1 is 0.833 bits per heavy atom. The van der Waals surface area contributed by atoms with Gasteiger partial charge in [-0.3, -0.25) is 4.79 Å². The maximum Gasteiger partial charge on any atom is 0.224 e. The maximum absolute atomic E-state index is 12.1. The van der Waals surface area contributed by atoms with Crippen LogP contribution in [-0.2, 0) is 11.2 Å². The molecule has 0 spiro atoms. The first-order valence-corrected chi connectivity index (χ1v) is 8.28. The molecule has 0 saturated carbocycles. The second-order valence-corrected chi connectivity index (χ2v) is 6.06. The van der Waals surface area contributed by atoms with E-state index < -0.39 is 0 Å². The van der Waals surface area contributed by atoms with Gasteiger partial charge in [-0.05, 0) is 41.3 Å². The second-order valence-electron chi connectivity index (χ2n) is 5.62. The highest BCUT2D eigenvalue weighted by Gasteiger charge is 2.05. The van der Waals surface area contributed by atoms with Gasteiger partial charge in [0.2, 0.25) is 5.91 Å². The normalized spacial score (nSPS) is 10.4. The minimum atomic E-state index is -0.0117. The number of aryl methyl sites for hydroxylation is 1. The largest absolute Gasteiger partial charge is 0.326 e. The second kappa shape index (κ2) is 7.80. The van der Waals surface area contributed by atoms with E-state index in [0.29, 0.717) is 17.9 Å². The molecule has 0 aromatic heterocycles. The fraction of sp³-hybridized carbons (Fsp3) is 0.0952. The molecule has 0 radical (unpaired) electrons. The molecule has 0 fully saturated rings. The Hall–Kier alpha value is -2.58. The molecule has 3 aromatic carbocycles. The Morgan fingerprint density at radius 2 is 1.58 bits per heavy atom. The van der Waals surface area contributed by atoms with E-state index in [-0.39, 0.29) is 5.91 Å². The molecule has 1 N–H and O–H groups in total. The van der Waals surface area contributed by atoms with E-state index >= 15 is 0 Å². The highest BCUT2D eigenvalue weighted by molar-refractivity contribution is 6.30. The van der Waals surface area contributed by atoms with Gasteiger partial charge in [0.25, 0.3) is 0 Å². The fourth-order valence-electron chi connectivity index (χ4n) is 2.58. The number of hydrogen-bond acceptors (Lipinski definition) is 1. The zero-order valence-corrected chi connectivity index (χ0v) is 14.0. The van der Waals surface area contributed by atoms with Gasteiger partial charge >= 0.3 is 0 Å². The summed E-state index contributed by atoms with van der Waals surface area (Å²) >= 11 is 5.93. The van der Waals surface area contributed by atoms with Crippen molar-refractivity contribution < 1.29 is 4.79 Å². The Labute approximate surface area is 147 Å². The summed E-state index contributed by atoms with van der Waals surface area (Å²) < 4.78 is 0. The highest BCUT2D eigenvalue weighted by atomic mass is 35.5. The summed E-state index contributed by atoms with van der Waals surface area (Å²) in [4.78, 5) is 12.1. The van der Waals surface area contributed by atoms with E-state index in [1.54, 1.807) is 12.1 Å². The van der Waals surface area contributed by atoms with Crippen molar-refractivity contribution in [2.45, 2.75) is 12.8 Å². The van der Waals surface area contributed by atoms with Crippen LogP contribution in [-0.4, -0.2) is 5.91 Å². The topological polar surface area (TPSA) is 29.1 Å². The van der Waals surface area contributed by atoms with E-state index in [0.717, 1.165) is 11.3 Å². The summed E-state index contributed by atoms with van der Waals surface area (Å²) in [7, 11) is 0. The van der Waals surface area contributed by atoms with Crippen LogP contribution in [0, 0.1) is 0 Å². The monoisotopic (exact) mass is 335 g/mol. The molecule has 0 bridgehead atoms. The van der Waals surface area contributed by atoms with Crippen molar-refractivity contribution in [1.29, 1.82) is 0 Å². The van der Waals surface area contributed by atoms with Gasteiger partial charge in [-0.2, -0.15) is 0 Å². The minimum Gasteiger partial charge on any atom is -0.326 e. The molecule has 120 valence electrons. The van der Waals surface area contributed by atoms with Gasteiger partial charge in [0.15, 0.2) is 0 Å². The number of amides is 1. The number of carbonyl (C=O) groups excluding carboxylic acids is 1. The standard InChI is InChI=1S/C21H18ClNO/c22-19-10-5-11-20(15-19)23-21(24)13-12-16-6-4-9-18(14-16)17-7-2-1-3-8-17/h1-11,14-15H,12-13H2,(H,23,24). The van der Waals surface area contributed by atoms with Crippen LogP contribution in [0.4, 0.5) is 5.69 Å². The number of halogens is 1. The van der Waals surface area contributed by atoms with Crippen LogP contribution in [0.2, 0.25) is 5.02 Å². The molecule has 0 aliphatic rings. The molecule has 2 nitrogen and oxygen atoms in total. The average Bonchev–Trinajstić information content (AvgIpc) is 2.61. The van der Waals surface area contributed by atoms with Crippen LogP contribution in [0.15, 0.2) is 78.9 Å². The third kappa shape index (κ3) is 4.46. The zero-order valence-electron chi connectivity index (χ0n) is 13.2. The lowest BCUT2D eigenvalue weighted by Gasteiger charge is -2.07. The van der Waals surface area contributed by atoms with E-state index in [4.69, 9.17) is 11.6 Å². The fourth-order valence-corrected chi connectivity index (χ4v) is 2.77. The molecular weight excluding hydrogens is 318 g/mol. The Balaban J connectivity index is 1.61. The van der Waals surface area contributed by atoms with Crippen LogP contribution in [0.3, 0.4) is 0 Å². The molecule has 0 saturated heterocycles. The molecule has 1 amide bonds. The first-order valence-electron chi connectivity index (χ1n) is 7.90. The summed E-state index contributed by atoms with van der Waals surface area (Å²) in [6.45, 7) is 0. The Bertz CT molecular complexity index is 830. The van der Waals surface area contributed by atoms with Crippen molar-refractivity contribution in [3.8, 4) is 11.1 Å². The number of rotatable bonds is 5. The van der Waals surface area contributed by atoms with Gasteiger partial charge in [-0.1, -0.05) is 72.3 Å². The van der Waals surface area contributed by atoms with Crippen LogP contribution in [0.5, 0.6) is 0 Å². The predicted molar refractivity (Wildman–Crippen MR) is 100 cm³/mol. The first-order chi connectivity index (χ1) is 11.7. The number of anilines is 1. The zero-order chi connectivity index (χ0) is 16.8. The van der Waals surface area contributed by atoms with Crippen molar-refractivity contribution in [2.24, 2.45) is 0 Å². The summed E-state index contributed by atoms with van der Waals surface area (Å²) in [5, 5.41) is 3.49. The van der Waals surface area contributed by atoms with Gasteiger partial charge in [-0.25, -0.2) is 0 Å². The van der Waals surface area contributed by atoms with Gasteiger partial charge in [0.05, 0.1) is 0 Å². The smallest absolute Gasteiger partial charge is 0.224 e. The summed E-state index contributed by atoms with van der Waals surface area (Å²) in [6, 6.07) is 25.7. The number of hydrogen-bond donors (Lipinski definition) is 1. The molecule has 0 atom stereocenters. The lowest BCUT2D eigenvalue weighted by Crippen LogP contribution is -2.12. The molecule has 24 heavy (non-hydrogen) atoms. The van der Waals surface area contributed by atoms with Crippen molar-refractivity contribution in [1.82, 2.24) is 0 Å². The van der Waals surface area contributed by atoms with E-state index in [1.165, 1.54) is 11.1 Å². The number of carbonyl (C=O) groups is 1. The van der Waals surface area contributed by atoms with Crippen molar-refractivity contribution >= 4 is 23.2 Å². The number of nitrogens with one attached hydrogen (secondary N) is 1. The lowest BCUT2D eigenvalue weighted by molar-refractivity contribution is -0.116. The van der Waals surface area contributed by atoms with Gasteiger partial charge in [-0.15, -0.1) is 0 Å². The number of benzene rings is 3. The van der Waals surface area contributed by atoms with Crippen LogP contribution in [0.1, 0.15) is 12.0 Å². The van der Waals surface area contributed by atoms with Crippen LogP contribution < -0.4 is 5.32 Å². The molecule has 0 aliphatic heterocycles. The van der Waals surface area contributed by atoms with E-state index in [2.05, 4.69) is 35.6 Å². The van der Waals surface area contributed by atoms with Gasteiger partial charge in [0, 0.05) is 17.1 Å². The van der Waals surface area contributed by atoms with Gasteiger partial charge < -0.3 is 5.32 Å². The summed E-state index contributed by atoms with van der Waals surface area (Å²) in [5.74, 6) is -0.0117. The molecule has 0 heterocycles. The minimum absolute atomic E-state index is 0.0117. The van der Waals surface area contributed by atoms with E-state index in [1.807, 2.05) is 36.4 Å². The van der Waals surface area contributed by atoms with Crippen molar-refractivity contribution in [3.05, 3.63) is 89.4 Å². The van der Waals surface area contributed by atoms with Crippen molar-refractivity contribution in [2.75, 3.05) is 5.32 Å². The molecule has 0 unspecified atom stereocenters. The SMILES string of the molecule is O=C(CCc1cccc(-c2ccccc2)c1)Nc1cccc(Cl)c1. The first kappa shape index (κ1) is 16.3. The molecule has 3 heteroatoms.